The van der Waals surface area contributed by atoms with Gasteiger partial charge in [-0.25, -0.2) is 4.98 Å². The van der Waals surface area contributed by atoms with Crippen LogP contribution < -0.4 is 5.32 Å². The minimum absolute atomic E-state index is 0.725. The summed E-state index contributed by atoms with van der Waals surface area (Å²) in [6.45, 7) is 7.57. The summed E-state index contributed by atoms with van der Waals surface area (Å²) >= 11 is 7.76. The summed E-state index contributed by atoms with van der Waals surface area (Å²) in [5.41, 5.74) is 1.88. The van der Waals surface area contributed by atoms with Crippen molar-refractivity contribution in [3.8, 4) is 0 Å². The van der Waals surface area contributed by atoms with Gasteiger partial charge in [0, 0.05) is 17.6 Å². The minimum atomic E-state index is 0.725. The first-order valence-corrected chi connectivity index (χ1v) is 6.69. The Kier molecular flexibility index (Phi) is 3.69. The van der Waals surface area contributed by atoms with Gasteiger partial charge in [0.15, 0.2) is 5.13 Å². The van der Waals surface area contributed by atoms with Gasteiger partial charge in [-0.2, -0.15) is 5.10 Å². The summed E-state index contributed by atoms with van der Waals surface area (Å²) in [7, 11) is 0. The number of nitrogens with zero attached hydrogens (tertiary/aromatic N) is 3. The smallest absolute Gasteiger partial charge is 0.182 e. The monoisotopic (exact) mass is 270 g/mol. The summed E-state index contributed by atoms with van der Waals surface area (Å²) in [4.78, 5) is 5.46. The maximum absolute atomic E-state index is 6.11. The van der Waals surface area contributed by atoms with Gasteiger partial charge in [0.25, 0.3) is 0 Å². The van der Waals surface area contributed by atoms with Crippen LogP contribution in [0.5, 0.6) is 0 Å². The summed E-state index contributed by atoms with van der Waals surface area (Å²) < 4.78 is 1.92. The Morgan fingerprint density at radius 3 is 2.82 bits per heavy atom. The van der Waals surface area contributed by atoms with Crippen molar-refractivity contribution in [1.82, 2.24) is 14.8 Å². The van der Waals surface area contributed by atoms with E-state index in [0.717, 1.165) is 34.6 Å². The molecule has 6 heteroatoms. The van der Waals surface area contributed by atoms with Crippen LogP contribution in [0.25, 0.3) is 0 Å². The highest BCUT2D eigenvalue weighted by Crippen LogP contribution is 2.23. The summed E-state index contributed by atoms with van der Waals surface area (Å²) in [6, 6.07) is 0. The molecule has 0 saturated carbocycles. The number of halogens is 1. The first-order valence-electron chi connectivity index (χ1n) is 5.50. The predicted octanol–water partition coefficient (Wildman–Crippen LogP) is 3.09. The Hall–Kier alpha value is -1.07. The molecule has 0 fully saturated rings. The summed E-state index contributed by atoms with van der Waals surface area (Å²) in [5.74, 6) is 0. The van der Waals surface area contributed by atoms with Gasteiger partial charge in [0.05, 0.1) is 23.0 Å². The highest BCUT2D eigenvalue weighted by atomic mass is 35.5. The third-order valence-electron chi connectivity index (χ3n) is 2.48. The summed E-state index contributed by atoms with van der Waals surface area (Å²) in [6.07, 6.45) is 1.88. The zero-order valence-electron chi connectivity index (χ0n) is 10.1. The van der Waals surface area contributed by atoms with E-state index in [2.05, 4.69) is 22.3 Å². The minimum Gasteiger partial charge on any atom is -0.362 e. The zero-order chi connectivity index (χ0) is 12.4. The van der Waals surface area contributed by atoms with E-state index in [9.17, 15) is 0 Å². The lowest BCUT2D eigenvalue weighted by molar-refractivity contribution is 0.665. The van der Waals surface area contributed by atoms with Gasteiger partial charge in [-0.1, -0.05) is 11.6 Å². The van der Waals surface area contributed by atoms with Crippen molar-refractivity contribution < 1.29 is 0 Å². The van der Waals surface area contributed by atoms with Crippen LogP contribution >= 0.6 is 22.9 Å². The molecule has 0 aliphatic rings. The fourth-order valence-corrected chi connectivity index (χ4v) is 2.59. The topological polar surface area (TPSA) is 42.7 Å². The molecule has 0 aromatic carbocycles. The van der Waals surface area contributed by atoms with E-state index in [0.29, 0.717) is 0 Å². The average Bonchev–Trinajstić information content (AvgIpc) is 2.82. The molecule has 4 nitrogen and oxygen atoms in total. The fourth-order valence-electron chi connectivity index (χ4n) is 1.59. The molecule has 0 amide bonds. The molecule has 17 heavy (non-hydrogen) atoms. The Balaban J connectivity index is 2.16. The van der Waals surface area contributed by atoms with Crippen LogP contribution in [0.3, 0.4) is 0 Å². The Labute approximate surface area is 110 Å². The lowest BCUT2D eigenvalue weighted by Gasteiger charge is -2.01. The van der Waals surface area contributed by atoms with Crippen molar-refractivity contribution >= 4 is 28.1 Å². The molecule has 0 unspecified atom stereocenters. The van der Waals surface area contributed by atoms with Gasteiger partial charge < -0.3 is 5.32 Å². The van der Waals surface area contributed by atoms with Gasteiger partial charge in [-0.15, -0.1) is 11.3 Å². The molecule has 0 aliphatic heterocycles. The second kappa shape index (κ2) is 5.06. The molecule has 0 spiro atoms. The quantitative estimate of drug-likeness (QED) is 0.928. The molecule has 2 rings (SSSR count). The van der Waals surface area contributed by atoms with Crippen LogP contribution in [-0.2, 0) is 6.54 Å². The van der Waals surface area contributed by atoms with Gasteiger partial charge >= 0.3 is 0 Å². The van der Waals surface area contributed by atoms with E-state index >= 15 is 0 Å². The van der Waals surface area contributed by atoms with Crippen molar-refractivity contribution in [2.45, 2.75) is 27.3 Å². The number of rotatable bonds is 4. The average molecular weight is 271 g/mol. The fraction of sp³-hybridized carbons (Fsp3) is 0.455. The Morgan fingerprint density at radius 1 is 1.47 bits per heavy atom. The van der Waals surface area contributed by atoms with Crippen molar-refractivity contribution in [2.75, 3.05) is 11.9 Å². The largest absolute Gasteiger partial charge is 0.362 e. The highest BCUT2D eigenvalue weighted by molar-refractivity contribution is 7.15. The van der Waals surface area contributed by atoms with E-state index in [1.807, 2.05) is 24.7 Å². The molecule has 0 radical (unpaired) electrons. The van der Waals surface area contributed by atoms with Crippen LogP contribution in [0.2, 0.25) is 5.02 Å². The molecule has 0 atom stereocenters. The molecule has 0 aliphatic carbocycles. The van der Waals surface area contributed by atoms with Crippen molar-refractivity contribution in [1.29, 1.82) is 0 Å². The molecule has 2 aromatic heterocycles. The van der Waals surface area contributed by atoms with Gasteiger partial charge in [0.2, 0.25) is 0 Å². The normalized spacial score (nSPS) is 10.8. The maximum atomic E-state index is 6.11. The molecule has 0 saturated heterocycles. The van der Waals surface area contributed by atoms with Crippen LogP contribution in [-0.4, -0.2) is 21.3 Å². The standard InChI is InChI=1S/C11H15ClN4S/c1-4-13-11-14-5-9(17-11)6-16-8(3)10(12)7(2)15-16/h5H,4,6H2,1-3H3,(H,13,14). The highest BCUT2D eigenvalue weighted by Gasteiger charge is 2.10. The van der Waals surface area contributed by atoms with Crippen molar-refractivity contribution in [2.24, 2.45) is 0 Å². The number of aryl methyl sites for hydroxylation is 1. The van der Waals surface area contributed by atoms with Crippen LogP contribution in [0.4, 0.5) is 5.13 Å². The molecular weight excluding hydrogens is 256 g/mol. The second-order valence-corrected chi connectivity index (χ2v) is 5.30. The first kappa shape index (κ1) is 12.4. The van der Waals surface area contributed by atoms with E-state index < -0.39 is 0 Å². The number of aromatic nitrogens is 3. The maximum Gasteiger partial charge on any atom is 0.182 e. The van der Waals surface area contributed by atoms with Crippen LogP contribution in [0.1, 0.15) is 23.2 Å². The SMILES string of the molecule is CCNc1ncc(Cn2nc(C)c(Cl)c2C)s1. The van der Waals surface area contributed by atoms with E-state index in [4.69, 9.17) is 11.6 Å². The molecule has 92 valence electrons. The molecular formula is C11H15ClN4S. The van der Waals surface area contributed by atoms with E-state index in [-0.39, 0.29) is 0 Å². The van der Waals surface area contributed by atoms with Gasteiger partial charge in [-0.05, 0) is 20.8 Å². The van der Waals surface area contributed by atoms with Crippen molar-refractivity contribution in [3.05, 3.63) is 27.5 Å². The molecule has 1 N–H and O–H groups in total. The van der Waals surface area contributed by atoms with Gasteiger partial charge in [0.1, 0.15) is 0 Å². The predicted molar refractivity (Wildman–Crippen MR) is 72.1 cm³/mol. The van der Waals surface area contributed by atoms with Gasteiger partial charge in [-0.3, -0.25) is 4.68 Å². The third kappa shape index (κ3) is 2.61. The lowest BCUT2D eigenvalue weighted by Crippen LogP contribution is -2.02. The van der Waals surface area contributed by atoms with E-state index in [1.54, 1.807) is 11.3 Å². The first-order chi connectivity index (χ1) is 8.11. The molecule has 2 aromatic rings. The molecule has 0 bridgehead atoms. The van der Waals surface area contributed by atoms with Crippen LogP contribution in [0, 0.1) is 13.8 Å². The Bertz CT molecular complexity index is 518. The number of thiazole rings is 1. The Morgan fingerprint density at radius 2 is 2.24 bits per heavy atom. The number of hydrogen-bond acceptors (Lipinski definition) is 4. The van der Waals surface area contributed by atoms with Crippen molar-refractivity contribution in [3.63, 3.8) is 0 Å². The second-order valence-electron chi connectivity index (χ2n) is 3.80. The van der Waals surface area contributed by atoms with Crippen LogP contribution in [0.15, 0.2) is 6.20 Å². The number of nitrogens with one attached hydrogen (secondary N) is 1. The lowest BCUT2D eigenvalue weighted by atomic mass is 10.4. The summed E-state index contributed by atoms with van der Waals surface area (Å²) in [5, 5.41) is 9.31. The number of anilines is 1. The number of hydrogen-bond donors (Lipinski definition) is 1. The zero-order valence-corrected chi connectivity index (χ0v) is 11.7. The third-order valence-corrected chi connectivity index (χ3v) is 3.97. The van der Waals surface area contributed by atoms with E-state index in [1.165, 1.54) is 4.88 Å². The molecule has 2 heterocycles.